The second-order valence-electron chi connectivity index (χ2n) is 4.25. The van der Waals surface area contributed by atoms with Gasteiger partial charge < -0.3 is 0 Å². The van der Waals surface area contributed by atoms with E-state index in [1.807, 2.05) is 0 Å². The predicted molar refractivity (Wildman–Crippen MR) is 88.7 cm³/mol. The van der Waals surface area contributed by atoms with Crippen LogP contribution >= 0.6 is 34.8 Å². The van der Waals surface area contributed by atoms with Crippen molar-refractivity contribution in [1.29, 1.82) is 0 Å². The maximum atomic E-state index is 13.0. The lowest BCUT2D eigenvalue weighted by Gasteiger charge is -2.10. The molecule has 0 aromatic heterocycles. The van der Waals surface area contributed by atoms with Gasteiger partial charge in [-0.05, 0) is 35.9 Å². The van der Waals surface area contributed by atoms with Crippen LogP contribution in [0.4, 0.5) is 10.1 Å². The van der Waals surface area contributed by atoms with Crippen LogP contribution in [0.2, 0.25) is 15.1 Å². The van der Waals surface area contributed by atoms with Gasteiger partial charge >= 0.3 is 0 Å². The lowest BCUT2D eigenvalue weighted by molar-refractivity contribution is -0.115. The first-order valence-electron chi connectivity index (χ1n) is 6.10. The summed E-state index contributed by atoms with van der Waals surface area (Å²) in [6.07, 6.45) is 2.73. The molecule has 0 aliphatic heterocycles. The number of amides is 1. The Kier molecular flexibility index (Phi) is 5.66. The van der Waals surface area contributed by atoms with E-state index < -0.39 is 5.91 Å². The zero-order valence-corrected chi connectivity index (χ0v) is 13.3. The van der Waals surface area contributed by atoms with Crippen molar-refractivity contribution >= 4 is 52.5 Å². The Morgan fingerprint density at radius 1 is 1.09 bits per heavy atom. The van der Waals surface area contributed by atoms with Crippen molar-refractivity contribution < 1.29 is 9.18 Å². The number of halogens is 4. The highest BCUT2D eigenvalue weighted by atomic mass is 35.5. The number of rotatable bonds is 4. The molecule has 2 aromatic rings. The molecule has 0 unspecified atom stereocenters. The third kappa shape index (κ3) is 4.63. The number of carbonyl (C=O) groups excluding carboxylic acids is 1. The fourth-order valence-electron chi connectivity index (χ4n) is 1.61. The summed E-state index contributed by atoms with van der Waals surface area (Å²) in [6, 6.07) is 8.84. The summed E-state index contributed by atoms with van der Waals surface area (Å²) < 4.78 is 13.0. The number of anilines is 1. The van der Waals surface area contributed by atoms with Gasteiger partial charge in [-0.2, -0.15) is 0 Å². The summed E-state index contributed by atoms with van der Waals surface area (Å²) in [6.45, 7) is 0. The van der Waals surface area contributed by atoms with Crippen molar-refractivity contribution in [3.05, 3.63) is 68.9 Å². The first-order chi connectivity index (χ1) is 10.5. The molecule has 0 spiro atoms. The van der Waals surface area contributed by atoms with E-state index in [0.29, 0.717) is 16.3 Å². The standard InChI is InChI=1S/C15H10Cl3FN2O/c16-10-7-12(17)15(13(18)8-10)21-20-14(22)5-4-9-2-1-3-11(19)6-9/h1-8,21H,(H,20,22)/b5-4+. The third-order valence-electron chi connectivity index (χ3n) is 2.59. The van der Waals surface area contributed by atoms with E-state index in [-0.39, 0.29) is 15.9 Å². The summed E-state index contributed by atoms with van der Waals surface area (Å²) in [5.74, 6) is -0.827. The molecule has 0 radical (unpaired) electrons. The average Bonchev–Trinajstić information content (AvgIpc) is 2.44. The Balaban J connectivity index is 1.99. The Labute approximate surface area is 141 Å². The van der Waals surface area contributed by atoms with Gasteiger partial charge in [0.05, 0.1) is 15.7 Å². The third-order valence-corrected chi connectivity index (χ3v) is 3.41. The molecule has 0 heterocycles. The van der Waals surface area contributed by atoms with Crippen molar-refractivity contribution in [3.63, 3.8) is 0 Å². The minimum atomic E-state index is -0.452. The quantitative estimate of drug-likeness (QED) is 0.599. The average molecular weight is 360 g/mol. The molecule has 3 nitrogen and oxygen atoms in total. The van der Waals surface area contributed by atoms with Gasteiger partial charge in [-0.15, -0.1) is 0 Å². The van der Waals surface area contributed by atoms with Gasteiger partial charge in [0.15, 0.2) is 0 Å². The van der Waals surface area contributed by atoms with E-state index >= 15 is 0 Å². The highest BCUT2D eigenvalue weighted by molar-refractivity contribution is 6.41. The van der Waals surface area contributed by atoms with Gasteiger partial charge in [0, 0.05) is 11.1 Å². The molecule has 114 valence electrons. The number of carbonyl (C=O) groups is 1. The molecule has 0 fully saturated rings. The molecule has 22 heavy (non-hydrogen) atoms. The number of nitrogens with one attached hydrogen (secondary N) is 2. The van der Waals surface area contributed by atoms with Crippen molar-refractivity contribution in [1.82, 2.24) is 5.43 Å². The predicted octanol–water partition coefficient (Wildman–Crippen LogP) is 4.94. The number of hydrogen-bond acceptors (Lipinski definition) is 2. The number of benzene rings is 2. The molecule has 7 heteroatoms. The van der Waals surface area contributed by atoms with Crippen LogP contribution in [0.15, 0.2) is 42.5 Å². The van der Waals surface area contributed by atoms with Crippen LogP contribution in [0.25, 0.3) is 6.08 Å². The Hall–Kier alpha value is -1.75. The van der Waals surface area contributed by atoms with Gasteiger partial charge in [-0.3, -0.25) is 15.6 Å². The van der Waals surface area contributed by atoms with E-state index in [1.165, 1.54) is 36.4 Å². The molecule has 2 rings (SSSR count). The second kappa shape index (κ2) is 7.49. The zero-order chi connectivity index (χ0) is 16.1. The normalized spacial score (nSPS) is 10.7. The van der Waals surface area contributed by atoms with Crippen LogP contribution in [0.1, 0.15) is 5.56 Å². The summed E-state index contributed by atoms with van der Waals surface area (Å²) in [5.41, 5.74) is 5.91. The molecule has 1 amide bonds. The maximum absolute atomic E-state index is 13.0. The van der Waals surface area contributed by atoms with Gasteiger partial charge in [-0.25, -0.2) is 4.39 Å². The molecule has 2 aromatic carbocycles. The van der Waals surface area contributed by atoms with Crippen LogP contribution < -0.4 is 10.9 Å². The minimum Gasteiger partial charge on any atom is -0.295 e. The summed E-state index contributed by atoms with van der Waals surface area (Å²) >= 11 is 17.7. The first-order valence-corrected chi connectivity index (χ1v) is 7.23. The largest absolute Gasteiger partial charge is 0.295 e. The van der Waals surface area contributed by atoms with Crippen LogP contribution in [0.5, 0.6) is 0 Å². The van der Waals surface area contributed by atoms with E-state index in [1.54, 1.807) is 12.1 Å². The molecule has 2 N–H and O–H groups in total. The summed E-state index contributed by atoms with van der Waals surface area (Å²) in [5, 5.41) is 0.927. The number of hydrazine groups is 1. The summed E-state index contributed by atoms with van der Waals surface area (Å²) in [7, 11) is 0. The Morgan fingerprint density at radius 2 is 1.77 bits per heavy atom. The zero-order valence-electron chi connectivity index (χ0n) is 11.0. The Bertz CT molecular complexity index is 711. The van der Waals surface area contributed by atoms with Crippen molar-refractivity contribution in [2.75, 3.05) is 5.43 Å². The summed E-state index contributed by atoms with van der Waals surface area (Å²) in [4.78, 5) is 11.7. The lowest BCUT2D eigenvalue weighted by atomic mass is 10.2. The van der Waals surface area contributed by atoms with Crippen LogP contribution in [-0.2, 0) is 4.79 Å². The van der Waals surface area contributed by atoms with E-state index in [4.69, 9.17) is 34.8 Å². The van der Waals surface area contributed by atoms with Crippen molar-refractivity contribution in [2.24, 2.45) is 0 Å². The fourth-order valence-corrected chi connectivity index (χ4v) is 2.52. The Morgan fingerprint density at radius 3 is 2.41 bits per heavy atom. The van der Waals surface area contributed by atoms with Gasteiger partial charge in [0.2, 0.25) is 0 Å². The van der Waals surface area contributed by atoms with Crippen molar-refractivity contribution in [3.8, 4) is 0 Å². The van der Waals surface area contributed by atoms with Gasteiger partial charge in [-0.1, -0.05) is 46.9 Å². The van der Waals surface area contributed by atoms with E-state index in [2.05, 4.69) is 10.9 Å². The van der Waals surface area contributed by atoms with E-state index in [9.17, 15) is 9.18 Å². The molecule has 0 saturated carbocycles. The number of hydrogen-bond donors (Lipinski definition) is 2. The topological polar surface area (TPSA) is 41.1 Å². The van der Waals surface area contributed by atoms with Crippen LogP contribution in [-0.4, -0.2) is 5.91 Å². The highest BCUT2D eigenvalue weighted by Gasteiger charge is 2.08. The maximum Gasteiger partial charge on any atom is 0.262 e. The first kappa shape index (κ1) is 16.6. The molecule has 0 bridgehead atoms. The van der Waals surface area contributed by atoms with E-state index in [0.717, 1.165) is 0 Å². The van der Waals surface area contributed by atoms with Crippen molar-refractivity contribution in [2.45, 2.75) is 0 Å². The lowest BCUT2D eigenvalue weighted by Crippen LogP contribution is -2.27. The molecule has 0 aliphatic carbocycles. The van der Waals surface area contributed by atoms with Crippen LogP contribution in [0, 0.1) is 5.82 Å². The molecule has 0 atom stereocenters. The monoisotopic (exact) mass is 358 g/mol. The minimum absolute atomic E-state index is 0.270. The van der Waals surface area contributed by atoms with Gasteiger partial charge in [0.1, 0.15) is 5.82 Å². The van der Waals surface area contributed by atoms with Crippen LogP contribution in [0.3, 0.4) is 0 Å². The second-order valence-corrected chi connectivity index (χ2v) is 5.50. The molecule has 0 saturated heterocycles. The highest BCUT2D eigenvalue weighted by Crippen LogP contribution is 2.32. The fraction of sp³-hybridized carbons (Fsp3) is 0. The molecule has 0 aliphatic rings. The smallest absolute Gasteiger partial charge is 0.262 e. The SMILES string of the molecule is O=C(/C=C/c1cccc(F)c1)NNc1c(Cl)cc(Cl)cc1Cl. The molecular weight excluding hydrogens is 350 g/mol. The molecular formula is C15H10Cl3FN2O. The van der Waals surface area contributed by atoms with Gasteiger partial charge in [0.25, 0.3) is 5.91 Å².